The Morgan fingerprint density at radius 3 is 2.61 bits per heavy atom. The lowest BCUT2D eigenvalue weighted by Gasteiger charge is -2.32. The molecule has 0 radical (unpaired) electrons. The average Bonchev–Trinajstić information content (AvgIpc) is 3.29. The Morgan fingerprint density at radius 1 is 1.19 bits per heavy atom. The van der Waals surface area contributed by atoms with Crippen molar-refractivity contribution in [3.05, 3.63) is 42.2 Å². The second kappa shape index (κ2) is 10.1. The van der Waals surface area contributed by atoms with E-state index >= 15 is 0 Å². The molecule has 2 heterocycles. The van der Waals surface area contributed by atoms with Gasteiger partial charge in [0.15, 0.2) is 5.69 Å². The SMILES string of the molecule is CCOC(=O)C1CCCN(C(=O)CN(C)C(=O)c2ccn(-c3ccc(OC)cc3)n2)C1. The van der Waals surface area contributed by atoms with Crippen molar-refractivity contribution in [2.45, 2.75) is 19.8 Å². The van der Waals surface area contributed by atoms with Crippen LogP contribution in [-0.2, 0) is 14.3 Å². The number of piperidine rings is 1. The Balaban J connectivity index is 1.59. The summed E-state index contributed by atoms with van der Waals surface area (Å²) < 4.78 is 11.8. The maximum absolute atomic E-state index is 12.8. The van der Waals surface area contributed by atoms with Gasteiger partial charge in [0, 0.05) is 26.3 Å². The molecule has 9 heteroatoms. The van der Waals surface area contributed by atoms with Gasteiger partial charge < -0.3 is 19.3 Å². The van der Waals surface area contributed by atoms with E-state index in [9.17, 15) is 14.4 Å². The molecular weight excluding hydrogens is 400 g/mol. The minimum Gasteiger partial charge on any atom is -0.497 e. The molecule has 1 fully saturated rings. The molecular formula is C22H28N4O5. The van der Waals surface area contributed by atoms with Crippen LogP contribution >= 0.6 is 0 Å². The maximum atomic E-state index is 12.8. The molecule has 31 heavy (non-hydrogen) atoms. The predicted molar refractivity (Wildman–Crippen MR) is 113 cm³/mol. The third-order valence-electron chi connectivity index (χ3n) is 5.26. The Bertz CT molecular complexity index is 924. The molecule has 1 aliphatic heterocycles. The lowest BCUT2D eigenvalue weighted by atomic mass is 9.98. The molecule has 0 aliphatic carbocycles. The number of carbonyl (C=O) groups is 3. The van der Waals surface area contributed by atoms with Crippen molar-refractivity contribution in [1.29, 1.82) is 0 Å². The summed E-state index contributed by atoms with van der Waals surface area (Å²) in [5, 5.41) is 4.33. The first-order valence-electron chi connectivity index (χ1n) is 10.3. The zero-order chi connectivity index (χ0) is 22.4. The molecule has 3 rings (SSSR count). The Morgan fingerprint density at radius 2 is 1.94 bits per heavy atom. The molecule has 1 unspecified atom stereocenters. The van der Waals surface area contributed by atoms with Crippen LogP contribution in [0.3, 0.4) is 0 Å². The van der Waals surface area contributed by atoms with E-state index in [1.807, 2.05) is 24.3 Å². The number of ether oxygens (including phenoxy) is 2. The lowest BCUT2D eigenvalue weighted by Crippen LogP contribution is -2.47. The quantitative estimate of drug-likeness (QED) is 0.624. The molecule has 166 valence electrons. The van der Waals surface area contributed by atoms with Crippen LogP contribution in [0.5, 0.6) is 5.75 Å². The largest absolute Gasteiger partial charge is 0.497 e. The van der Waals surface area contributed by atoms with Crippen LogP contribution in [0, 0.1) is 5.92 Å². The average molecular weight is 428 g/mol. The summed E-state index contributed by atoms with van der Waals surface area (Å²) >= 11 is 0. The molecule has 1 aromatic heterocycles. The van der Waals surface area contributed by atoms with Gasteiger partial charge >= 0.3 is 5.97 Å². The van der Waals surface area contributed by atoms with Crippen molar-refractivity contribution < 1.29 is 23.9 Å². The molecule has 0 saturated carbocycles. The van der Waals surface area contributed by atoms with Gasteiger partial charge in [0.25, 0.3) is 5.91 Å². The summed E-state index contributed by atoms with van der Waals surface area (Å²) in [6.45, 7) is 2.91. The van der Waals surface area contributed by atoms with Crippen molar-refractivity contribution in [1.82, 2.24) is 19.6 Å². The highest BCUT2D eigenvalue weighted by atomic mass is 16.5. The number of benzene rings is 1. The third-order valence-corrected chi connectivity index (χ3v) is 5.26. The molecule has 2 aromatic rings. The number of methoxy groups -OCH3 is 1. The van der Waals surface area contributed by atoms with Gasteiger partial charge in [-0.15, -0.1) is 0 Å². The molecule has 0 N–H and O–H groups in total. The Kier molecular flexibility index (Phi) is 7.28. The predicted octanol–water partition coefficient (Wildman–Crippen LogP) is 1.75. The fourth-order valence-electron chi connectivity index (χ4n) is 3.54. The van der Waals surface area contributed by atoms with E-state index in [-0.39, 0.29) is 35.9 Å². The molecule has 1 aliphatic rings. The molecule has 1 saturated heterocycles. The fourth-order valence-corrected chi connectivity index (χ4v) is 3.54. The van der Waals surface area contributed by atoms with E-state index in [1.54, 1.807) is 42.9 Å². The minimum atomic E-state index is -0.348. The smallest absolute Gasteiger partial charge is 0.310 e. The first kappa shape index (κ1) is 22.3. The highest BCUT2D eigenvalue weighted by Gasteiger charge is 2.30. The molecule has 1 atom stereocenters. The molecule has 9 nitrogen and oxygen atoms in total. The van der Waals surface area contributed by atoms with Crippen LogP contribution in [0.1, 0.15) is 30.3 Å². The van der Waals surface area contributed by atoms with Gasteiger partial charge in [-0.3, -0.25) is 14.4 Å². The van der Waals surface area contributed by atoms with Crippen molar-refractivity contribution in [3.8, 4) is 11.4 Å². The maximum Gasteiger partial charge on any atom is 0.310 e. The number of hydrogen-bond donors (Lipinski definition) is 0. The van der Waals surface area contributed by atoms with E-state index in [4.69, 9.17) is 9.47 Å². The lowest BCUT2D eigenvalue weighted by molar-refractivity contribution is -0.151. The van der Waals surface area contributed by atoms with E-state index in [0.717, 1.165) is 17.9 Å². The normalized spacial score (nSPS) is 16.0. The Hall–Kier alpha value is -3.36. The number of aromatic nitrogens is 2. The van der Waals surface area contributed by atoms with Crippen LogP contribution in [0.4, 0.5) is 0 Å². The second-order valence-corrected chi connectivity index (χ2v) is 7.44. The molecule has 0 spiro atoms. The fraction of sp³-hybridized carbons (Fsp3) is 0.455. The topological polar surface area (TPSA) is 94.0 Å². The van der Waals surface area contributed by atoms with E-state index in [0.29, 0.717) is 26.1 Å². The zero-order valence-corrected chi connectivity index (χ0v) is 18.1. The van der Waals surface area contributed by atoms with Gasteiger partial charge in [-0.2, -0.15) is 5.10 Å². The number of nitrogens with zero attached hydrogens (tertiary/aromatic N) is 4. The highest BCUT2D eigenvalue weighted by molar-refractivity contribution is 5.94. The number of rotatable bonds is 7. The van der Waals surface area contributed by atoms with Gasteiger partial charge in [-0.25, -0.2) is 4.68 Å². The van der Waals surface area contributed by atoms with Gasteiger partial charge in [-0.1, -0.05) is 0 Å². The van der Waals surface area contributed by atoms with Crippen LogP contribution in [0.15, 0.2) is 36.5 Å². The summed E-state index contributed by atoms with van der Waals surface area (Å²) in [5.41, 5.74) is 1.03. The summed E-state index contributed by atoms with van der Waals surface area (Å²) in [6.07, 6.45) is 3.14. The molecule has 1 aromatic carbocycles. The number of carbonyl (C=O) groups excluding carboxylic acids is 3. The second-order valence-electron chi connectivity index (χ2n) is 7.44. The van der Waals surface area contributed by atoms with Gasteiger partial charge in [0.2, 0.25) is 5.91 Å². The number of esters is 1. The number of hydrogen-bond acceptors (Lipinski definition) is 6. The van der Waals surface area contributed by atoms with Crippen LogP contribution < -0.4 is 4.74 Å². The number of likely N-dealkylation sites (N-methyl/N-ethyl adjacent to an activating group) is 1. The number of likely N-dealkylation sites (tertiary alicyclic amines) is 1. The van der Waals surface area contributed by atoms with Crippen molar-refractivity contribution in [2.75, 3.05) is 40.4 Å². The van der Waals surface area contributed by atoms with E-state index < -0.39 is 0 Å². The van der Waals surface area contributed by atoms with Crippen molar-refractivity contribution in [2.24, 2.45) is 5.92 Å². The number of amides is 2. The van der Waals surface area contributed by atoms with Crippen LogP contribution in [0.2, 0.25) is 0 Å². The summed E-state index contributed by atoms with van der Waals surface area (Å²) in [4.78, 5) is 40.4. The van der Waals surface area contributed by atoms with E-state index in [2.05, 4.69) is 5.10 Å². The van der Waals surface area contributed by atoms with Gasteiger partial charge in [-0.05, 0) is 50.1 Å². The van der Waals surface area contributed by atoms with Gasteiger partial charge in [0.05, 0.1) is 31.9 Å². The highest BCUT2D eigenvalue weighted by Crippen LogP contribution is 2.19. The Labute approximate surface area is 181 Å². The summed E-state index contributed by atoms with van der Waals surface area (Å²) in [6, 6.07) is 8.91. The van der Waals surface area contributed by atoms with Crippen molar-refractivity contribution in [3.63, 3.8) is 0 Å². The van der Waals surface area contributed by atoms with Crippen LogP contribution in [-0.4, -0.2) is 77.8 Å². The summed E-state index contributed by atoms with van der Waals surface area (Å²) in [5.74, 6) is -0.389. The summed E-state index contributed by atoms with van der Waals surface area (Å²) in [7, 11) is 3.16. The standard InChI is InChI=1S/C22H28N4O5/c1-4-31-22(29)16-6-5-12-25(14-16)20(27)15-24(2)21(28)19-11-13-26(23-19)17-7-9-18(30-3)10-8-17/h7-11,13,16H,4-6,12,14-15H2,1-3H3. The minimum absolute atomic E-state index is 0.0796. The first-order chi connectivity index (χ1) is 14.9. The molecule has 0 bridgehead atoms. The van der Waals surface area contributed by atoms with E-state index in [1.165, 1.54) is 4.90 Å². The molecule has 2 amide bonds. The van der Waals surface area contributed by atoms with Crippen molar-refractivity contribution >= 4 is 17.8 Å². The van der Waals surface area contributed by atoms with Crippen LogP contribution in [0.25, 0.3) is 5.69 Å². The third kappa shape index (κ3) is 5.42. The monoisotopic (exact) mass is 428 g/mol. The first-order valence-corrected chi connectivity index (χ1v) is 10.3. The zero-order valence-electron chi connectivity index (χ0n) is 18.1. The van der Waals surface area contributed by atoms with Gasteiger partial charge in [0.1, 0.15) is 5.75 Å².